The maximum atomic E-state index is 4.71. The Labute approximate surface area is 154 Å². The first-order valence-corrected chi connectivity index (χ1v) is 8.94. The summed E-state index contributed by atoms with van der Waals surface area (Å²) >= 11 is 0. The van der Waals surface area contributed by atoms with Crippen molar-refractivity contribution in [1.29, 1.82) is 0 Å². The predicted octanol–water partition coefficient (Wildman–Crippen LogP) is 4.61. The van der Waals surface area contributed by atoms with E-state index in [9.17, 15) is 0 Å². The molecule has 1 N–H and O–H groups in total. The second kappa shape index (κ2) is 6.41. The Bertz CT molecular complexity index is 929. The maximum absolute atomic E-state index is 4.71. The van der Waals surface area contributed by atoms with Gasteiger partial charge in [0.2, 0.25) is 0 Å². The van der Waals surface area contributed by atoms with Gasteiger partial charge in [-0.2, -0.15) is 10.1 Å². The van der Waals surface area contributed by atoms with Gasteiger partial charge in [0, 0.05) is 17.9 Å². The van der Waals surface area contributed by atoms with Crippen molar-refractivity contribution in [1.82, 2.24) is 15.2 Å². The number of aromatic nitrogens is 3. The number of hydrogen-bond acceptors (Lipinski definition) is 5. The fourth-order valence-corrected chi connectivity index (χ4v) is 3.40. The highest BCUT2D eigenvalue weighted by Crippen LogP contribution is 2.33. The van der Waals surface area contributed by atoms with Gasteiger partial charge in [-0.15, -0.1) is 5.10 Å². The predicted molar refractivity (Wildman–Crippen MR) is 105 cm³/mol. The molecule has 0 radical (unpaired) electrons. The molecule has 0 amide bonds. The molecule has 1 aliphatic rings. The SMILES string of the molecule is CC(C)(C)c1ccccc1Nc1cnnc(N2CCc3ccccc32)n1. The summed E-state index contributed by atoms with van der Waals surface area (Å²) in [7, 11) is 0. The van der Waals surface area contributed by atoms with Crippen molar-refractivity contribution in [2.75, 3.05) is 16.8 Å². The minimum Gasteiger partial charge on any atom is -0.339 e. The molecular weight excluding hydrogens is 322 g/mol. The van der Waals surface area contributed by atoms with Crippen LogP contribution in [0.2, 0.25) is 0 Å². The number of benzene rings is 2. The van der Waals surface area contributed by atoms with Crippen LogP contribution in [0.1, 0.15) is 31.9 Å². The number of nitrogens with one attached hydrogen (secondary N) is 1. The van der Waals surface area contributed by atoms with Crippen LogP contribution in [0.5, 0.6) is 0 Å². The van der Waals surface area contributed by atoms with Gasteiger partial charge in [-0.1, -0.05) is 57.2 Å². The summed E-state index contributed by atoms with van der Waals surface area (Å²) in [5.41, 5.74) is 4.83. The Hall–Kier alpha value is -2.95. The van der Waals surface area contributed by atoms with Gasteiger partial charge in [0.25, 0.3) is 5.95 Å². The summed E-state index contributed by atoms with van der Waals surface area (Å²) in [6, 6.07) is 16.7. The number of fused-ring (bicyclic) bond motifs is 1. The van der Waals surface area contributed by atoms with E-state index in [0.29, 0.717) is 11.8 Å². The molecule has 1 aromatic heterocycles. The molecule has 2 heterocycles. The molecule has 1 aliphatic heterocycles. The molecule has 0 saturated carbocycles. The normalized spacial score (nSPS) is 13.6. The maximum Gasteiger partial charge on any atom is 0.251 e. The van der Waals surface area contributed by atoms with Gasteiger partial charge in [-0.3, -0.25) is 0 Å². The largest absolute Gasteiger partial charge is 0.339 e. The number of anilines is 4. The molecule has 0 bridgehead atoms. The van der Waals surface area contributed by atoms with E-state index in [1.807, 2.05) is 12.1 Å². The molecule has 0 atom stereocenters. The standard InChI is InChI=1S/C21H23N5/c1-21(2,3)16-9-5-6-10-17(16)23-19-14-22-25-20(24-19)26-13-12-15-8-4-7-11-18(15)26/h4-11,14H,12-13H2,1-3H3,(H,23,24,25). The third-order valence-electron chi connectivity index (χ3n) is 4.67. The summed E-state index contributed by atoms with van der Waals surface area (Å²) in [5, 5.41) is 11.9. The van der Waals surface area contributed by atoms with Gasteiger partial charge >= 0.3 is 0 Å². The molecule has 4 rings (SSSR count). The van der Waals surface area contributed by atoms with E-state index in [-0.39, 0.29) is 5.41 Å². The summed E-state index contributed by atoms with van der Waals surface area (Å²) in [6.07, 6.45) is 2.68. The minimum absolute atomic E-state index is 0.0424. The summed E-state index contributed by atoms with van der Waals surface area (Å²) < 4.78 is 0. The van der Waals surface area contributed by atoms with E-state index >= 15 is 0 Å². The van der Waals surface area contributed by atoms with E-state index in [2.05, 4.69) is 77.6 Å². The number of nitrogens with zero attached hydrogens (tertiary/aromatic N) is 4. The first kappa shape index (κ1) is 16.5. The molecule has 2 aromatic carbocycles. The molecule has 5 heteroatoms. The molecule has 0 unspecified atom stereocenters. The Morgan fingerprint density at radius 2 is 1.77 bits per heavy atom. The Kier molecular flexibility index (Phi) is 4.07. The lowest BCUT2D eigenvalue weighted by molar-refractivity contribution is 0.592. The molecule has 0 spiro atoms. The molecule has 3 aromatic rings. The molecule has 132 valence electrons. The van der Waals surface area contributed by atoms with Crippen LogP contribution in [0.4, 0.5) is 23.1 Å². The van der Waals surface area contributed by atoms with Crippen molar-refractivity contribution in [3.8, 4) is 0 Å². The molecule has 0 aliphatic carbocycles. The third-order valence-corrected chi connectivity index (χ3v) is 4.67. The summed E-state index contributed by atoms with van der Waals surface area (Å²) in [4.78, 5) is 6.84. The first-order chi connectivity index (χ1) is 12.5. The molecular formula is C21H23N5. The van der Waals surface area contributed by atoms with Crippen LogP contribution in [-0.2, 0) is 11.8 Å². The zero-order chi connectivity index (χ0) is 18.1. The topological polar surface area (TPSA) is 53.9 Å². The second-order valence-electron chi connectivity index (χ2n) is 7.59. The van der Waals surface area contributed by atoms with Crippen LogP contribution >= 0.6 is 0 Å². The molecule has 0 fully saturated rings. The van der Waals surface area contributed by atoms with Crippen molar-refractivity contribution in [3.05, 3.63) is 65.9 Å². The fraction of sp³-hybridized carbons (Fsp3) is 0.286. The lowest BCUT2D eigenvalue weighted by Crippen LogP contribution is -2.18. The van der Waals surface area contributed by atoms with Gasteiger partial charge in [0.15, 0.2) is 5.82 Å². The highest BCUT2D eigenvalue weighted by molar-refractivity contribution is 5.67. The minimum atomic E-state index is 0.0424. The number of para-hydroxylation sites is 2. The van der Waals surface area contributed by atoms with Gasteiger partial charge in [0.05, 0.1) is 6.20 Å². The smallest absolute Gasteiger partial charge is 0.251 e. The fourth-order valence-electron chi connectivity index (χ4n) is 3.40. The van der Waals surface area contributed by atoms with Crippen LogP contribution in [0.3, 0.4) is 0 Å². The number of hydrogen-bond donors (Lipinski definition) is 1. The van der Waals surface area contributed by atoms with Gasteiger partial charge < -0.3 is 10.2 Å². The van der Waals surface area contributed by atoms with Crippen LogP contribution < -0.4 is 10.2 Å². The van der Waals surface area contributed by atoms with Gasteiger partial charge in [-0.25, -0.2) is 0 Å². The summed E-state index contributed by atoms with van der Waals surface area (Å²) in [5.74, 6) is 1.34. The zero-order valence-electron chi connectivity index (χ0n) is 15.4. The zero-order valence-corrected chi connectivity index (χ0v) is 15.4. The quantitative estimate of drug-likeness (QED) is 0.751. The van der Waals surface area contributed by atoms with Gasteiger partial charge in [0.1, 0.15) is 0 Å². The van der Waals surface area contributed by atoms with Crippen molar-refractivity contribution >= 4 is 23.1 Å². The van der Waals surface area contributed by atoms with E-state index in [0.717, 1.165) is 18.7 Å². The van der Waals surface area contributed by atoms with E-state index < -0.39 is 0 Å². The van der Waals surface area contributed by atoms with E-state index in [1.165, 1.54) is 16.8 Å². The lowest BCUT2D eigenvalue weighted by Gasteiger charge is -2.23. The Morgan fingerprint density at radius 1 is 1.00 bits per heavy atom. The molecule has 0 saturated heterocycles. The van der Waals surface area contributed by atoms with Crippen molar-refractivity contribution < 1.29 is 0 Å². The summed E-state index contributed by atoms with van der Waals surface area (Å²) in [6.45, 7) is 7.50. The van der Waals surface area contributed by atoms with Crippen molar-refractivity contribution in [2.45, 2.75) is 32.6 Å². The van der Waals surface area contributed by atoms with Crippen LogP contribution in [-0.4, -0.2) is 21.7 Å². The second-order valence-corrected chi connectivity index (χ2v) is 7.59. The van der Waals surface area contributed by atoms with Crippen LogP contribution in [0.25, 0.3) is 0 Å². The highest BCUT2D eigenvalue weighted by atomic mass is 15.3. The first-order valence-electron chi connectivity index (χ1n) is 8.94. The average molecular weight is 345 g/mol. The van der Waals surface area contributed by atoms with Crippen molar-refractivity contribution in [3.63, 3.8) is 0 Å². The van der Waals surface area contributed by atoms with Gasteiger partial charge in [-0.05, 0) is 35.1 Å². The van der Waals surface area contributed by atoms with Crippen LogP contribution in [0, 0.1) is 0 Å². The van der Waals surface area contributed by atoms with E-state index in [1.54, 1.807) is 6.20 Å². The lowest BCUT2D eigenvalue weighted by atomic mass is 9.86. The molecule has 26 heavy (non-hydrogen) atoms. The average Bonchev–Trinajstić information content (AvgIpc) is 3.06. The monoisotopic (exact) mass is 345 g/mol. The highest BCUT2D eigenvalue weighted by Gasteiger charge is 2.23. The third kappa shape index (κ3) is 3.12. The molecule has 5 nitrogen and oxygen atoms in total. The van der Waals surface area contributed by atoms with Crippen molar-refractivity contribution in [2.24, 2.45) is 0 Å². The van der Waals surface area contributed by atoms with E-state index in [4.69, 9.17) is 4.98 Å². The Balaban J connectivity index is 1.64. The Morgan fingerprint density at radius 3 is 2.62 bits per heavy atom. The number of rotatable bonds is 3. The van der Waals surface area contributed by atoms with Crippen LogP contribution in [0.15, 0.2) is 54.7 Å².